The van der Waals surface area contributed by atoms with Crippen molar-refractivity contribution in [2.24, 2.45) is 0 Å². The highest BCUT2D eigenvalue weighted by atomic mass is 16.7. The monoisotopic (exact) mass is 946 g/mol. The number of amides is 1. The van der Waals surface area contributed by atoms with E-state index in [2.05, 4.69) is 19.2 Å². The summed E-state index contributed by atoms with van der Waals surface area (Å²) in [6.07, 6.45) is 25.3. The molecule has 2 fully saturated rings. The Morgan fingerprint density at radius 3 is 1.39 bits per heavy atom. The van der Waals surface area contributed by atoms with Crippen LogP contribution in [0.25, 0.3) is 0 Å². The van der Waals surface area contributed by atoms with Crippen LogP contribution in [0.4, 0.5) is 0 Å². The maximum absolute atomic E-state index is 13.2. The summed E-state index contributed by atoms with van der Waals surface area (Å²) in [6.45, 7) is 2.80. The lowest BCUT2D eigenvalue weighted by Crippen LogP contribution is -2.65. The Hall–Kier alpha value is -1.27. The van der Waals surface area contributed by atoms with E-state index in [1.807, 2.05) is 6.08 Å². The number of carbonyl (C=O) groups excluding carboxylic acids is 1. The molecule has 2 aliphatic rings. The number of allylic oxidation sites excluding steroid dienone is 1. The molecule has 0 saturated carbocycles. The Morgan fingerprint density at radius 2 is 0.939 bits per heavy atom. The molecular weight excluding hydrogens is 847 g/mol. The summed E-state index contributed by atoms with van der Waals surface area (Å²) in [4.78, 5) is 13.2. The van der Waals surface area contributed by atoms with Gasteiger partial charge in [0.25, 0.3) is 0 Å². The van der Waals surface area contributed by atoms with Crippen molar-refractivity contribution in [1.29, 1.82) is 0 Å². The fourth-order valence-corrected chi connectivity index (χ4v) is 9.06. The fourth-order valence-electron chi connectivity index (χ4n) is 9.06. The number of unbranched alkanes of at least 4 members (excludes halogenated alkanes) is 29. The highest BCUT2D eigenvalue weighted by Crippen LogP contribution is 2.30. The zero-order valence-corrected chi connectivity index (χ0v) is 41.5. The number of hydrogen-bond acceptors (Lipinski definition) is 13. The van der Waals surface area contributed by atoms with Crippen molar-refractivity contribution in [3.63, 3.8) is 0 Å². The molecule has 390 valence electrons. The minimum atomic E-state index is -1.78. The Bertz CT molecular complexity index is 1160. The van der Waals surface area contributed by atoms with E-state index in [-0.39, 0.29) is 18.9 Å². The normalized spacial score (nSPS) is 26.8. The maximum atomic E-state index is 13.2. The van der Waals surface area contributed by atoms with Crippen molar-refractivity contribution in [2.75, 3.05) is 19.8 Å². The van der Waals surface area contributed by atoms with Crippen LogP contribution >= 0.6 is 0 Å². The zero-order valence-electron chi connectivity index (χ0n) is 41.5. The molecule has 2 heterocycles. The number of carbonyl (C=O) groups is 1. The second-order valence-electron chi connectivity index (χ2n) is 19.4. The van der Waals surface area contributed by atoms with Crippen LogP contribution in [0.3, 0.4) is 0 Å². The fraction of sp³-hybridized carbons (Fsp3) is 0.942. The highest BCUT2D eigenvalue weighted by molar-refractivity contribution is 5.76. The van der Waals surface area contributed by atoms with Crippen LogP contribution in [0.15, 0.2) is 12.2 Å². The van der Waals surface area contributed by atoms with Crippen molar-refractivity contribution >= 4 is 5.91 Å². The summed E-state index contributed by atoms with van der Waals surface area (Å²) < 4.78 is 22.7. The largest absolute Gasteiger partial charge is 0.394 e. The number of rotatable bonds is 42. The molecule has 0 aromatic rings. The molecule has 12 atom stereocenters. The SMILES string of the molecule is CCCCCCCCCCCCC/C=C/[C@@H](O)[C@H](CO[C@@H]1OC(CO)[C@H](O[C@@H]2OC(CO)[C@H](O)[C@H](O)C2O)[C@H](O)C1O)NC(=O)CCCCCCCCCCCCCCCCCCCCC. The van der Waals surface area contributed by atoms with Gasteiger partial charge in [-0.1, -0.05) is 206 Å². The molecule has 14 nitrogen and oxygen atoms in total. The van der Waals surface area contributed by atoms with Gasteiger partial charge in [0.15, 0.2) is 12.6 Å². The molecule has 4 unspecified atom stereocenters. The Morgan fingerprint density at radius 1 is 0.530 bits per heavy atom. The van der Waals surface area contributed by atoms with E-state index in [1.165, 1.54) is 154 Å². The third-order valence-corrected chi connectivity index (χ3v) is 13.5. The lowest BCUT2D eigenvalue weighted by Gasteiger charge is -2.46. The number of aliphatic hydroxyl groups excluding tert-OH is 8. The highest BCUT2D eigenvalue weighted by Gasteiger charge is 2.51. The summed E-state index contributed by atoms with van der Waals surface area (Å²) in [7, 11) is 0. The van der Waals surface area contributed by atoms with E-state index < -0.39 is 86.8 Å². The van der Waals surface area contributed by atoms with Gasteiger partial charge in [-0.05, 0) is 19.3 Å². The molecule has 2 saturated heterocycles. The van der Waals surface area contributed by atoms with Gasteiger partial charge in [-0.3, -0.25) is 4.79 Å². The summed E-state index contributed by atoms with van der Waals surface area (Å²) >= 11 is 0. The van der Waals surface area contributed by atoms with Gasteiger partial charge in [0, 0.05) is 6.42 Å². The molecule has 0 bridgehead atoms. The molecule has 0 aromatic heterocycles. The average molecular weight is 946 g/mol. The lowest BCUT2D eigenvalue weighted by atomic mass is 9.97. The molecule has 14 heteroatoms. The van der Waals surface area contributed by atoms with Gasteiger partial charge in [-0.2, -0.15) is 0 Å². The summed E-state index contributed by atoms with van der Waals surface area (Å²) in [6, 6.07) is -0.907. The van der Waals surface area contributed by atoms with E-state index in [0.29, 0.717) is 6.42 Å². The van der Waals surface area contributed by atoms with Crippen LogP contribution in [0, 0.1) is 0 Å². The first-order valence-electron chi connectivity index (χ1n) is 26.9. The van der Waals surface area contributed by atoms with Crippen molar-refractivity contribution in [3.8, 4) is 0 Å². The van der Waals surface area contributed by atoms with Crippen molar-refractivity contribution in [2.45, 2.75) is 293 Å². The van der Waals surface area contributed by atoms with Crippen LogP contribution in [-0.2, 0) is 23.7 Å². The van der Waals surface area contributed by atoms with Crippen LogP contribution in [0.1, 0.15) is 219 Å². The summed E-state index contributed by atoms with van der Waals surface area (Å²) in [5.41, 5.74) is 0. The second kappa shape index (κ2) is 39.5. The van der Waals surface area contributed by atoms with E-state index in [4.69, 9.17) is 18.9 Å². The van der Waals surface area contributed by atoms with Crippen LogP contribution in [0.2, 0.25) is 0 Å². The van der Waals surface area contributed by atoms with E-state index in [1.54, 1.807) is 6.08 Å². The van der Waals surface area contributed by atoms with Gasteiger partial charge in [0.05, 0.1) is 32.0 Å². The Balaban J connectivity index is 1.80. The topological polar surface area (TPSA) is 228 Å². The van der Waals surface area contributed by atoms with Gasteiger partial charge in [-0.25, -0.2) is 0 Å². The molecular formula is C52H99NO13. The van der Waals surface area contributed by atoms with Gasteiger partial charge >= 0.3 is 0 Å². The third kappa shape index (κ3) is 26.1. The zero-order chi connectivity index (χ0) is 48.2. The van der Waals surface area contributed by atoms with Crippen LogP contribution < -0.4 is 5.32 Å². The number of ether oxygens (including phenoxy) is 4. The lowest BCUT2D eigenvalue weighted by molar-refractivity contribution is -0.359. The smallest absolute Gasteiger partial charge is 0.220 e. The molecule has 66 heavy (non-hydrogen) atoms. The Labute approximate surface area is 399 Å². The van der Waals surface area contributed by atoms with Crippen molar-refractivity contribution in [1.82, 2.24) is 5.32 Å². The van der Waals surface area contributed by atoms with Crippen molar-refractivity contribution in [3.05, 3.63) is 12.2 Å². The molecule has 0 spiro atoms. The first-order chi connectivity index (χ1) is 32.1. The third-order valence-electron chi connectivity index (χ3n) is 13.5. The minimum Gasteiger partial charge on any atom is -0.394 e. The quantitative estimate of drug-likeness (QED) is 0.0213. The first-order valence-corrected chi connectivity index (χ1v) is 26.9. The maximum Gasteiger partial charge on any atom is 0.220 e. The molecule has 0 radical (unpaired) electrons. The minimum absolute atomic E-state index is 0.236. The number of aliphatic hydroxyl groups is 8. The van der Waals surface area contributed by atoms with Crippen LogP contribution in [-0.4, -0.2) is 140 Å². The predicted octanol–water partition coefficient (Wildman–Crippen LogP) is 7.55. The van der Waals surface area contributed by atoms with Gasteiger partial charge in [-0.15, -0.1) is 0 Å². The van der Waals surface area contributed by atoms with Gasteiger partial charge < -0.3 is 65.1 Å². The summed E-state index contributed by atoms with van der Waals surface area (Å²) in [5, 5.41) is 86.8. The van der Waals surface area contributed by atoms with E-state index >= 15 is 0 Å². The van der Waals surface area contributed by atoms with Crippen molar-refractivity contribution < 1.29 is 64.6 Å². The van der Waals surface area contributed by atoms with Gasteiger partial charge in [0.1, 0.15) is 48.8 Å². The summed E-state index contributed by atoms with van der Waals surface area (Å²) in [5.74, 6) is -0.236. The Kier molecular flexibility index (Phi) is 36.4. The predicted molar refractivity (Wildman–Crippen MR) is 259 cm³/mol. The van der Waals surface area contributed by atoms with E-state index in [9.17, 15) is 45.6 Å². The average Bonchev–Trinajstić information content (AvgIpc) is 3.31. The molecule has 0 aliphatic carbocycles. The molecule has 1 amide bonds. The molecule has 0 aromatic carbocycles. The standard InChI is InChI=1S/C52H99NO13/c1-3-5-7-9-11-13-15-17-18-19-20-21-22-24-26-28-30-32-34-36-44(57)53-40(41(56)35-33-31-29-27-25-23-16-14-12-10-8-6-4-2)39-63-51-49(62)47(60)50(43(38-55)65-51)66-52-48(61)46(59)45(58)42(37-54)64-52/h33,35,40-43,45-52,54-56,58-62H,3-32,34,36-39H2,1-2H3,(H,53,57)/b35-33+/t40-,41+,42?,43?,45-,46-,47+,48?,49?,50-,51+,52-/m0/s1. The van der Waals surface area contributed by atoms with Crippen LogP contribution in [0.5, 0.6) is 0 Å². The first kappa shape index (κ1) is 60.9. The second-order valence-corrected chi connectivity index (χ2v) is 19.4. The molecule has 9 N–H and O–H groups in total. The number of hydrogen-bond donors (Lipinski definition) is 9. The number of nitrogens with one attached hydrogen (secondary N) is 1. The molecule has 2 rings (SSSR count). The van der Waals surface area contributed by atoms with E-state index in [0.717, 1.165) is 38.5 Å². The van der Waals surface area contributed by atoms with Gasteiger partial charge in [0.2, 0.25) is 5.91 Å². The molecule has 2 aliphatic heterocycles.